The summed E-state index contributed by atoms with van der Waals surface area (Å²) < 4.78 is 1.80. The third kappa shape index (κ3) is 2.18. The van der Waals surface area contributed by atoms with E-state index in [2.05, 4.69) is 15.4 Å². The summed E-state index contributed by atoms with van der Waals surface area (Å²) in [4.78, 5) is 18.1. The summed E-state index contributed by atoms with van der Waals surface area (Å²) in [5, 5.41) is 8.18. The van der Waals surface area contributed by atoms with E-state index < -0.39 is 0 Å². The molecule has 0 atom stereocenters. The number of anilines is 1. The normalized spacial score (nSPS) is 10.9. The predicted octanol–water partition coefficient (Wildman–Crippen LogP) is 2.90. The van der Waals surface area contributed by atoms with E-state index in [1.807, 2.05) is 39.1 Å². The van der Waals surface area contributed by atoms with Gasteiger partial charge >= 0.3 is 0 Å². The number of amides is 1. The van der Waals surface area contributed by atoms with Gasteiger partial charge in [-0.15, -0.1) is 11.3 Å². The first-order valence-electron chi connectivity index (χ1n) is 6.22. The highest BCUT2D eigenvalue weighted by Gasteiger charge is 2.15. The summed E-state index contributed by atoms with van der Waals surface area (Å²) >= 11 is 1.44. The first kappa shape index (κ1) is 12.8. The van der Waals surface area contributed by atoms with Crippen LogP contribution in [0.3, 0.4) is 0 Å². The van der Waals surface area contributed by atoms with Crippen LogP contribution in [0.15, 0.2) is 24.4 Å². The van der Waals surface area contributed by atoms with Gasteiger partial charge in [-0.2, -0.15) is 5.10 Å². The SMILES string of the molecule is Cc1ccnc(NC(=O)c2cc3c(C)nn(C)c3s2)c1. The highest BCUT2D eigenvalue weighted by molar-refractivity contribution is 7.20. The molecular weight excluding hydrogens is 272 g/mol. The van der Waals surface area contributed by atoms with E-state index in [0.717, 1.165) is 21.5 Å². The molecule has 3 heterocycles. The lowest BCUT2D eigenvalue weighted by atomic mass is 10.3. The molecule has 20 heavy (non-hydrogen) atoms. The molecule has 3 rings (SSSR count). The molecule has 0 aromatic carbocycles. The standard InChI is InChI=1S/C14H14N4OS/c1-8-4-5-15-12(6-8)16-13(19)11-7-10-9(2)17-18(3)14(10)20-11/h4-7H,1-3H3,(H,15,16,19). The number of nitrogens with zero attached hydrogens (tertiary/aromatic N) is 3. The first-order valence-corrected chi connectivity index (χ1v) is 7.03. The predicted molar refractivity (Wildman–Crippen MR) is 80.3 cm³/mol. The van der Waals surface area contributed by atoms with Gasteiger partial charge in [0.25, 0.3) is 5.91 Å². The lowest BCUT2D eigenvalue weighted by Gasteiger charge is -2.02. The smallest absolute Gasteiger partial charge is 0.266 e. The minimum Gasteiger partial charge on any atom is -0.306 e. The maximum atomic E-state index is 12.2. The van der Waals surface area contributed by atoms with Crippen molar-refractivity contribution in [2.45, 2.75) is 13.8 Å². The van der Waals surface area contributed by atoms with Crippen molar-refractivity contribution >= 4 is 33.3 Å². The fraction of sp³-hybridized carbons (Fsp3) is 0.214. The van der Waals surface area contributed by atoms with Crippen molar-refractivity contribution < 1.29 is 4.79 Å². The maximum Gasteiger partial charge on any atom is 0.266 e. The number of fused-ring (bicyclic) bond motifs is 1. The van der Waals surface area contributed by atoms with Crippen LogP contribution in [-0.2, 0) is 7.05 Å². The zero-order valence-electron chi connectivity index (χ0n) is 11.5. The number of aryl methyl sites for hydroxylation is 3. The summed E-state index contributed by atoms with van der Waals surface area (Å²) in [6.07, 6.45) is 1.68. The van der Waals surface area contributed by atoms with Crippen LogP contribution in [0.4, 0.5) is 5.82 Å². The Kier molecular flexibility index (Phi) is 3.02. The largest absolute Gasteiger partial charge is 0.306 e. The number of rotatable bonds is 2. The summed E-state index contributed by atoms with van der Waals surface area (Å²) in [6, 6.07) is 5.62. The number of aromatic nitrogens is 3. The van der Waals surface area contributed by atoms with Crippen molar-refractivity contribution in [3.05, 3.63) is 40.5 Å². The quantitative estimate of drug-likeness (QED) is 0.788. The van der Waals surface area contributed by atoms with Gasteiger partial charge in [0.05, 0.1) is 10.6 Å². The van der Waals surface area contributed by atoms with Gasteiger partial charge in [0, 0.05) is 18.6 Å². The Hall–Kier alpha value is -2.21. The van der Waals surface area contributed by atoms with Gasteiger partial charge in [-0.25, -0.2) is 4.98 Å². The van der Waals surface area contributed by atoms with Crippen LogP contribution in [0.25, 0.3) is 10.2 Å². The molecule has 0 saturated carbocycles. The number of hydrogen-bond acceptors (Lipinski definition) is 4. The molecular formula is C14H14N4OS. The zero-order valence-corrected chi connectivity index (χ0v) is 12.3. The van der Waals surface area contributed by atoms with Crippen LogP contribution in [0.2, 0.25) is 0 Å². The van der Waals surface area contributed by atoms with E-state index in [1.165, 1.54) is 11.3 Å². The third-order valence-corrected chi connectivity index (χ3v) is 4.28. The lowest BCUT2D eigenvalue weighted by Crippen LogP contribution is -2.11. The molecule has 0 fully saturated rings. The number of nitrogens with one attached hydrogen (secondary N) is 1. The fourth-order valence-electron chi connectivity index (χ4n) is 2.10. The Balaban J connectivity index is 1.91. The molecule has 0 spiro atoms. The Morgan fingerprint density at radius 2 is 2.15 bits per heavy atom. The molecule has 5 nitrogen and oxygen atoms in total. The monoisotopic (exact) mass is 286 g/mol. The number of pyridine rings is 1. The zero-order chi connectivity index (χ0) is 14.3. The number of thiophene rings is 1. The summed E-state index contributed by atoms with van der Waals surface area (Å²) in [5.74, 6) is 0.436. The Morgan fingerprint density at radius 3 is 2.85 bits per heavy atom. The second-order valence-electron chi connectivity index (χ2n) is 4.71. The summed E-state index contributed by atoms with van der Waals surface area (Å²) in [6.45, 7) is 3.91. The Morgan fingerprint density at radius 1 is 1.35 bits per heavy atom. The topological polar surface area (TPSA) is 59.8 Å². The molecule has 1 amide bonds. The van der Waals surface area contributed by atoms with Crippen LogP contribution in [0, 0.1) is 13.8 Å². The minimum atomic E-state index is -0.135. The first-order chi connectivity index (χ1) is 9.54. The molecule has 0 aliphatic heterocycles. The minimum absolute atomic E-state index is 0.135. The number of carbonyl (C=O) groups is 1. The van der Waals surface area contributed by atoms with Crippen molar-refractivity contribution in [3.63, 3.8) is 0 Å². The van der Waals surface area contributed by atoms with E-state index in [1.54, 1.807) is 10.9 Å². The van der Waals surface area contributed by atoms with Gasteiger partial charge < -0.3 is 5.32 Å². The van der Waals surface area contributed by atoms with Crippen molar-refractivity contribution in [2.24, 2.45) is 7.05 Å². The molecule has 0 unspecified atom stereocenters. The highest BCUT2D eigenvalue weighted by atomic mass is 32.1. The van der Waals surface area contributed by atoms with Gasteiger partial charge in [-0.3, -0.25) is 9.48 Å². The molecule has 3 aromatic rings. The van der Waals surface area contributed by atoms with Crippen molar-refractivity contribution in [3.8, 4) is 0 Å². The molecule has 0 aliphatic rings. The van der Waals surface area contributed by atoms with E-state index in [0.29, 0.717) is 10.7 Å². The molecule has 102 valence electrons. The van der Waals surface area contributed by atoms with Crippen LogP contribution in [0.5, 0.6) is 0 Å². The van der Waals surface area contributed by atoms with Gasteiger partial charge in [-0.1, -0.05) is 0 Å². The molecule has 0 radical (unpaired) electrons. The van der Waals surface area contributed by atoms with E-state index in [4.69, 9.17) is 0 Å². The summed E-state index contributed by atoms with van der Waals surface area (Å²) in [5.41, 5.74) is 2.00. The van der Waals surface area contributed by atoms with Gasteiger partial charge in [-0.05, 0) is 37.6 Å². The molecule has 0 aliphatic carbocycles. The second kappa shape index (κ2) is 4.72. The van der Waals surface area contributed by atoms with Crippen molar-refractivity contribution in [1.82, 2.24) is 14.8 Å². The van der Waals surface area contributed by atoms with Crippen molar-refractivity contribution in [2.75, 3.05) is 5.32 Å². The molecule has 3 aromatic heterocycles. The molecule has 0 saturated heterocycles. The highest BCUT2D eigenvalue weighted by Crippen LogP contribution is 2.28. The van der Waals surface area contributed by atoms with Crippen molar-refractivity contribution in [1.29, 1.82) is 0 Å². The van der Waals surface area contributed by atoms with Crippen LogP contribution < -0.4 is 5.32 Å². The average molecular weight is 286 g/mol. The lowest BCUT2D eigenvalue weighted by molar-refractivity contribution is 0.103. The van der Waals surface area contributed by atoms with E-state index in [-0.39, 0.29) is 5.91 Å². The van der Waals surface area contributed by atoms with Gasteiger partial charge in [0.15, 0.2) is 0 Å². The molecule has 0 bridgehead atoms. The van der Waals surface area contributed by atoms with Crippen LogP contribution in [0.1, 0.15) is 20.9 Å². The Labute approximate surface area is 120 Å². The van der Waals surface area contributed by atoms with E-state index in [9.17, 15) is 4.79 Å². The number of carbonyl (C=O) groups excluding carboxylic acids is 1. The van der Waals surface area contributed by atoms with Crippen LogP contribution >= 0.6 is 11.3 Å². The fourth-order valence-corrected chi connectivity index (χ4v) is 3.12. The number of hydrogen-bond donors (Lipinski definition) is 1. The Bertz CT molecular complexity index is 768. The molecule has 1 N–H and O–H groups in total. The average Bonchev–Trinajstić information content (AvgIpc) is 2.92. The second-order valence-corrected chi connectivity index (χ2v) is 5.74. The van der Waals surface area contributed by atoms with Gasteiger partial charge in [0.2, 0.25) is 0 Å². The third-order valence-electron chi connectivity index (χ3n) is 3.08. The van der Waals surface area contributed by atoms with Crippen LogP contribution in [-0.4, -0.2) is 20.7 Å². The molecule has 6 heteroatoms. The van der Waals surface area contributed by atoms with Gasteiger partial charge in [0.1, 0.15) is 10.6 Å². The maximum absolute atomic E-state index is 12.2. The van der Waals surface area contributed by atoms with E-state index >= 15 is 0 Å². The summed E-state index contributed by atoms with van der Waals surface area (Å²) in [7, 11) is 1.88.